The Morgan fingerprint density at radius 2 is 1.49 bits per heavy atom. The highest BCUT2D eigenvalue weighted by Crippen LogP contribution is 2.37. The van der Waals surface area contributed by atoms with Crippen LogP contribution >= 0.6 is 0 Å². The summed E-state index contributed by atoms with van der Waals surface area (Å²) in [4.78, 5) is 27.7. The summed E-state index contributed by atoms with van der Waals surface area (Å²) in [6, 6.07) is 8.23. The third-order valence-corrected chi connectivity index (χ3v) is 9.92. The summed E-state index contributed by atoms with van der Waals surface area (Å²) in [6.45, 7) is 6.98. The first-order chi connectivity index (χ1) is 18.1. The second-order valence-electron chi connectivity index (χ2n) is 11.3. The molecular weight excluding hydrogens is 535 g/mol. The SMILES string of the molecule is CCCCCc1ccc(N2CCN(S(=O)(=O)C3(C(=O)OC(C)(C)C)CCN(C(=O)C(F)(F)F)CC3)CC2)cc1. The van der Waals surface area contributed by atoms with Gasteiger partial charge in [0.1, 0.15) is 5.60 Å². The first-order valence-electron chi connectivity index (χ1n) is 13.5. The Morgan fingerprint density at radius 3 is 1.97 bits per heavy atom. The third kappa shape index (κ3) is 7.25. The van der Waals surface area contributed by atoms with Crippen molar-refractivity contribution in [1.29, 1.82) is 0 Å². The number of amides is 1. The van der Waals surface area contributed by atoms with Gasteiger partial charge in [-0.1, -0.05) is 31.9 Å². The molecule has 0 N–H and O–H groups in total. The summed E-state index contributed by atoms with van der Waals surface area (Å²) in [5, 5.41) is 0. The van der Waals surface area contributed by atoms with Gasteiger partial charge in [-0.2, -0.15) is 17.5 Å². The molecule has 2 aliphatic rings. The van der Waals surface area contributed by atoms with Gasteiger partial charge in [-0.15, -0.1) is 0 Å². The van der Waals surface area contributed by atoms with Gasteiger partial charge in [0.05, 0.1) is 0 Å². The zero-order valence-corrected chi connectivity index (χ0v) is 24.0. The molecule has 39 heavy (non-hydrogen) atoms. The van der Waals surface area contributed by atoms with Crippen molar-refractivity contribution in [3.05, 3.63) is 29.8 Å². The highest BCUT2D eigenvalue weighted by molar-refractivity contribution is 7.91. The molecule has 0 bridgehead atoms. The van der Waals surface area contributed by atoms with Crippen LogP contribution < -0.4 is 4.90 Å². The van der Waals surface area contributed by atoms with Crippen LogP contribution in [0.1, 0.15) is 65.4 Å². The van der Waals surface area contributed by atoms with E-state index in [1.807, 2.05) is 12.1 Å². The molecule has 0 radical (unpaired) electrons. The Kier molecular flexibility index (Phi) is 9.63. The van der Waals surface area contributed by atoms with E-state index >= 15 is 0 Å². The minimum atomic E-state index is -5.07. The number of aryl methyl sites for hydroxylation is 1. The number of benzene rings is 1. The summed E-state index contributed by atoms with van der Waals surface area (Å²) in [5.41, 5.74) is 1.23. The lowest BCUT2D eigenvalue weighted by atomic mass is 9.95. The second-order valence-corrected chi connectivity index (χ2v) is 13.5. The van der Waals surface area contributed by atoms with E-state index < -0.39 is 64.4 Å². The molecular formula is C27H40F3N3O5S. The number of unbranched alkanes of at least 4 members (excludes halogenated alkanes) is 2. The molecule has 2 fully saturated rings. The Balaban J connectivity index is 1.75. The fourth-order valence-corrected chi connectivity index (χ4v) is 7.16. The van der Waals surface area contributed by atoms with Gasteiger partial charge in [0.25, 0.3) is 0 Å². The monoisotopic (exact) mass is 575 g/mol. The van der Waals surface area contributed by atoms with E-state index in [0.717, 1.165) is 24.9 Å². The number of alkyl halides is 3. The number of piperazine rings is 1. The maximum absolute atomic E-state index is 14.0. The molecule has 220 valence electrons. The number of ether oxygens (including phenoxy) is 1. The summed E-state index contributed by atoms with van der Waals surface area (Å²) in [5.74, 6) is -3.03. The van der Waals surface area contributed by atoms with Crippen molar-refractivity contribution in [2.75, 3.05) is 44.2 Å². The van der Waals surface area contributed by atoms with Crippen LogP contribution in [0.4, 0.5) is 18.9 Å². The largest absolute Gasteiger partial charge is 0.471 e. The molecule has 0 saturated carbocycles. The van der Waals surface area contributed by atoms with Crippen LogP contribution in [0.5, 0.6) is 0 Å². The Morgan fingerprint density at radius 1 is 0.923 bits per heavy atom. The predicted molar refractivity (Wildman–Crippen MR) is 143 cm³/mol. The lowest BCUT2D eigenvalue weighted by Crippen LogP contribution is -2.63. The van der Waals surface area contributed by atoms with Gasteiger partial charge in [0.2, 0.25) is 10.0 Å². The number of carbonyl (C=O) groups is 2. The van der Waals surface area contributed by atoms with Crippen molar-refractivity contribution < 1.29 is 35.9 Å². The molecule has 2 heterocycles. The average Bonchev–Trinajstić information content (AvgIpc) is 2.87. The summed E-state index contributed by atoms with van der Waals surface area (Å²) < 4.78 is 71.5. The standard InChI is InChI=1S/C27H40F3N3O5S/c1-5-6-7-8-21-9-11-22(12-10-21)31-17-19-33(20-18-31)39(36,37)26(24(35)38-25(2,3)4)13-15-32(16-14-26)23(34)27(28,29)30/h9-12H,5-8,13-20H2,1-4H3. The molecule has 12 heteroatoms. The fraction of sp³-hybridized carbons (Fsp3) is 0.704. The summed E-state index contributed by atoms with van der Waals surface area (Å²) in [6.07, 6.45) is -1.52. The number of nitrogens with zero attached hydrogens (tertiary/aromatic N) is 3. The van der Waals surface area contributed by atoms with Crippen molar-refractivity contribution in [3.63, 3.8) is 0 Å². The van der Waals surface area contributed by atoms with E-state index in [4.69, 9.17) is 4.74 Å². The molecule has 0 unspecified atom stereocenters. The van der Waals surface area contributed by atoms with Crippen molar-refractivity contribution in [2.45, 2.75) is 82.7 Å². The van der Waals surface area contributed by atoms with Gasteiger partial charge >= 0.3 is 18.1 Å². The Bertz CT molecular complexity index is 1100. The van der Waals surface area contributed by atoms with E-state index in [1.54, 1.807) is 20.8 Å². The van der Waals surface area contributed by atoms with E-state index in [1.165, 1.54) is 16.3 Å². The molecule has 2 saturated heterocycles. The van der Waals surface area contributed by atoms with Gasteiger partial charge in [-0.3, -0.25) is 9.59 Å². The molecule has 0 aromatic heterocycles. The third-order valence-electron chi connectivity index (χ3n) is 7.31. The number of esters is 1. The highest BCUT2D eigenvalue weighted by Gasteiger charge is 2.58. The zero-order chi connectivity index (χ0) is 29.1. The minimum Gasteiger partial charge on any atom is -0.459 e. The first kappa shape index (κ1) is 31.2. The van der Waals surface area contributed by atoms with Gasteiger partial charge in [0.15, 0.2) is 4.75 Å². The van der Waals surface area contributed by atoms with Crippen LogP contribution in [-0.4, -0.2) is 85.3 Å². The van der Waals surface area contributed by atoms with E-state index in [0.29, 0.717) is 18.0 Å². The molecule has 3 rings (SSSR count). The van der Waals surface area contributed by atoms with Crippen molar-refractivity contribution >= 4 is 27.6 Å². The quantitative estimate of drug-likeness (QED) is 0.342. The van der Waals surface area contributed by atoms with Crippen molar-refractivity contribution in [3.8, 4) is 0 Å². The Hall–Kier alpha value is -2.34. The Labute approximate surface area is 229 Å². The first-order valence-corrected chi connectivity index (χ1v) is 15.0. The number of hydrogen-bond acceptors (Lipinski definition) is 6. The number of halogens is 3. The topological polar surface area (TPSA) is 87.2 Å². The zero-order valence-electron chi connectivity index (χ0n) is 23.2. The number of anilines is 1. The minimum absolute atomic E-state index is 0.121. The lowest BCUT2D eigenvalue weighted by Gasteiger charge is -2.44. The normalized spacial score (nSPS) is 19.2. The maximum atomic E-state index is 14.0. The van der Waals surface area contributed by atoms with E-state index in [2.05, 4.69) is 24.0 Å². The number of carbonyl (C=O) groups excluding carboxylic acids is 2. The van der Waals surface area contributed by atoms with E-state index in [-0.39, 0.29) is 13.1 Å². The van der Waals surface area contributed by atoms with Gasteiger partial charge in [-0.05, 0) is 64.2 Å². The van der Waals surface area contributed by atoms with Crippen LogP contribution in [0.3, 0.4) is 0 Å². The molecule has 1 aromatic carbocycles. The predicted octanol–water partition coefficient (Wildman–Crippen LogP) is 4.14. The number of piperidine rings is 1. The second kappa shape index (κ2) is 12.0. The van der Waals surface area contributed by atoms with Crippen molar-refractivity contribution in [2.24, 2.45) is 0 Å². The lowest BCUT2D eigenvalue weighted by molar-refractivity contribution is -0.187. The molecule has 0 spiro atoms. The summed E-state index contributed by atoms with van der Waals surface area (Å²) >= 11 is 0. The molecule has 0 atom stereocenters. The fourth-order valence-electron chi connectivity index (χ4n) is 5.08. The van der Waals surface area contributed by atoms with Crippen LogP contribution in [-0.2, 0) is 30.8 Å². The number of likely N-dealkylation sites (tertiary alicyclic amines) is 1. The van der Waals surface area contributed by atoms with Gasteiger partial charge in [-0.25, -0.2) is 8.42 Å². The number of rotatable bonds is 8. The molecule has 1 amide bonds. The van der Waals surface area contributed by atoms with Gasteiger partial charge in [0, 0.05) is 45.0 Å². The molecule has 2 aliphatic heterocycles. The molecule has 0 aliphatic carbocycles. The highest BCUT2D eigenvalue weighted by atomic mass is 32.2. The van der Waals surface area contributed by atoms with Gasteiger partial charge < -0.3 is 14.5 Å². The van der Waals surface area contributed by atoms with Crippen molar-refractivity contribution in [1.82, 2.24) is 9.21 Å². The van der Waals surface area contributed by atoms with Crippen LogP contribution in [0.15, 0.2) is 24.3 Å². The smallest absolute Gasteiger partial charge is 0.459 e. The van der Waals surface area contributed by atoms with Crippen LogP contribution in [0.25, 0.3) is 0 Å². The number of sulfonamides is 1. The van der Waals surface area contributed by atoms with E-state index in [9.17, 15) is 31.2 Å². The maximum Gasteiger partial charge on any atom is 0.471 e. The number of hydrogen-bond donors (Lipinski definition) is 0. The summed E-state index contributed by atoms with van der Waals surface area (Å²) in [7, 11) is -4.32. The molecule has 8 nitrogen and oxygen atoms in total. The molecule has 1 aromatic rings. The average molecular weight is 576 g/mol. The van der Waals surface area contributed by atoms with Crippen LogP contribution in [0, 0.1) is 0 Å². The van der Waals surface area contributed by atoms with Crippen LogP contribution in [0.2, 0.25) is 0 Å².